The Hall–Kier alpha value is -2.67. The fourth-order valence-electron chi connectivity index (χ4n) is 2.38. The van der Waals surface area contributed by atoms with E-state index in [0.717, 1.165) is 11.9 Å². The van der Waals surface area contributed by atoms with Crippen molar-refractivity contribution in [3.8, 4) is 5.75 Å². The third-order valence-corrected chi connectivity index (χ3v) is 4.70. The first kappa shape index (κ1) is 16.2. The lowest BCUT2D eigenvalue weighted by Crippen LogP contribution is -2.18. The number of sulfone groups is 1. The van der Waals surface area contributed by atoms with E-state index in [-0.39, 0.29) is 17.1 Å². The Bertz CT molecular complexity index is 1050. The van der Waals surface area contributed by atoms with Crippen molar-refractivity contribution < 1.29 is 13.2 Å². The number of hydrogen-bond acceptors (Lipinski definition) is 5. The predicted molar refractivity (Wildman–Crippen MR) is 90.1 cm³/mol. The number of hydrogen-bond donors (Lipinski definition) is 0. The molecule has 0 aliphatic rings. The fraction of sp³-hybridized carbons (Fsp3) is 0.176. The first-order valence-electron chi connectivity index (χ1n) is 7.26. The van der Waals surface area contributed by atoms with E-state index in [4.69, 9.17) is 4.74 Å². The molecule has 7 heteroatoms. The van der Waals surface area contributed by atoms with Gasteiger partial charge in [-0.3, -0.25) is 9.20 Å². The molecule has 124 valence electrons. The van der Waals surface area contributed by atoms with Gasteiger partial charge in [0, 0.05) is 18.0 Å². The summed E-state index contributed by atoms with van der Waals surface area (Å²) >= 11 is 0. The molecule has 2 aromatic heterocycles. The van der Waals surface area contributed by atoms with Crippen LogP contribution in [0.4, 0.5) is 0 Å². The number of aryl methyl sites for hydroxylation is 1. The maximum Gasteiger partial charge on any atom is 0.258 e. The molecule has 0 aliphatic carbocycles. The monoisotopic (exact) mass is 344 g/mol. The second-order valence-corrected chi connectivity index (χ2v) is 7.49. The molecule has 0 saturated carbocycles. The Morgan fingerprint density at radius 1 is 1.12 bits per heavy atom. The van der Waals surface area contributed by atoms with Gasteiger partial charge < -0.3 is 4.74 Å². The highest BCUT2D eigenvalue weighted by molar-refractivity contribution is 7.90. The number of nitrogens with zero attached hydrogens (tertiary/aromatic N) is 2. The minimum Gasteiger partial charge on any atom is -0.487 e. The molecular weight excluding hydrogens is 328 g/mol. The minimum atomic E-state index is -3.23. The molecular formula is C17H16N2O4S. The van der Waals surface area contributed by atoms with Gasteiger partial charge in [0.15, 0.2) is 9.84 Å². The summed E-state index contributed by atoms with van der Waals surface area (Å²) in [7, 11) is -3.23. The molecule has 0 radical (unpaired) electrons. The maximum absolute atomic E-state index is 12.2. The van der Waals surface area contributed by atoms with Crippen molar-refractivity contribution in [3.05, 3.63) is 70.3 Å². The molecule has 0 saturated heterocycles. The van der Waals surface area contributed by atoms with Gasteiger partial charge in [-0.2, -0.15) is 0 Å². The van der Waals surface area contributed by atoms with Gasteiger partial charge in [-0.15, -0.1) is 0 Å². The number of fused-ring (bicyclic) bond motifs is 1. The zero-order chi connectivity index (χ0) is 17.3. The third-order valence-electron chi connectivity index (χ3n) is 3.57. The molecule has 24 heavy (non-hydrogen) atoms. The standard InChI is InChI=1S/C17H16N2O4S/c1-12-4-3-5-16-18-13(10-17(20)19(12)16)11-23-14-6-8-15(9-7-14)24(2,21)22/h3-10H,11H2,1-2H3. The highest BCUT2D eigenvalue weighted by atomic mass is 32.2. The molecule has 0 N–H and O–H groups in total. The van der Waals surface area contributed by atoms with Crippen LogP contribution in [-0.2, 0) is 16.4 Å². The molecule has 3 rings (SSSR count). The van der Waals surface area contributed by atoms with Crippen LogP contribution in [0, 0.1) is 6.92 Å². The Kier molecular flexibility index (Phi) is 4.11. The number of ether oxygens (including phenoxy) is 1. The smallest absolute Gasteiger partial charge is 0.258 e. The normalized spacial score (nSPS) is 11.6. The number of rotatable bonds is 4. The molecule has 0 amide bonds. The minimum absolute atomic E-state index is 0.123. The second kappa shape index (κ2) is 6.09. The summed E-state index contributed by atoms with van der Waals surface area (Å²) < 4.78 is 30.0. The zero-order valence-corrected chi connectivity index (χ0v) is 14.1. The van der Waals surface area contributed by atoms with E-state index in [9.17, 15) is 13.2 Å². The molecule has 0 unspecified atom stereocenters. The van der Waals surface area contributed by atoms with Crippen LogP contribution in [0.3, 0.4) is 0 Å². The van der Waals surface area contributed by atoms with E-state index in [0.29, 0.717) is 17.1 Å². The van der Waals surface area contributed by atoms with Gasteiger partial charge >= 0.3 is 0 Å². The lowest BCUT2D eigenvalue weighted by atomic mass is 10.3. The van der Waals surface area contributed by atoms with Crippen molar-refractivity contribution in [1.82, 2.24) is 9.38 Å². The van der Waals surface area contributed by atoms with E-state index in [2.05, 4.69) is 4.98 Å². The Balaban J connectivity index is 1.82. The first-order valence-corrected chi connectivity index (χ1v) is 9.15. The quantitative estimate of drug-likeness (QED) is 0.723. The van der Waals surface area contributed by atoms with Crippen LogP contribution in [0.1, 0.15) is 11.4 Å². The number of aromatic nitrogens is 2. The zero-order valence-electron chi connectivity index (χ0n) is 13.3. The summed E-state index contributed by atoms with van der Waals surface area (Å²) in [5.41, 5.74) is 1.73. The van der Waals surface area contributed by atoms with Gasteiger partial charge in [0.25, 0.3) is 5.56 Å². The SMILES string of the molecule is Cc1cccc2nc(COc3ccc(S(C)(=O)=O)cc3)cc(=O)n12. The van der Waals surface area contributed by atoms with Crippen molar-refractivity contribution in [3.63, 3.8) is 0 Å². The van der Waals surface area contributed by atoms with Crippen LogP contribution < -0.4 is 10.3 Å². The van der Waals surface area contributed by atoms with Gasteiger partial charge in [-0.1, -0.05) is 6.07 Å². The predicted octanol–water partition coefficient (Wildman–Crippen LogP) is 1.99. The van der Waals surface area contributed by atoms with Gasteiger partial charge in [0.05, 0.1) is 10.6 Å². The second-order valence-electron chi connectivity index (χ2n) is 5.48. The molecule has 0 atom stereocenters. The van der Waals surface area contributed by atoms with Crippen molar-refractivity contribution >= 4 is 15.5 Å². The summed E-state index contributed by atoms with van der Waals surface area (Å²) in [6.07, 6.45) is 1.15. The van der Waals surface area contributed by atoms with Crippen LogP contribution >= 0.6 is 0 Å². The summed E-state index contributed by atoms with van der Waals surface area (Å²) in [5.74, 6) is 0.508. The first-order chi connectivity index (χ1) is 11.3. The molecule has 2 heterocycles. The van der Waals surface area contributed by atoms with Gasteiger partial charge in [0.2, 0.25) is 0 Å². The summed E-state index contributed by atoms with van der Waals surface area (Å²) in [5, 5.41) is 0. The van der Waals surface area contributed by atoms with Gasteiger partial charge in [-0.25, -0.2) is 13.4 Å². The molecule has 3 aromatic rings. The van der Waals surface area contributed by atoms with Gasteiger partial charge in [0.1, 0.15) is 18.0 Å². The van der Waals surface area contributed by atoms with E-state index >= 15 is 0 Å². The van der Waals surface area contributed by atoms with E-state index in [1.54, 1.807) is 18.2 Å². The summed E-state index contributed by atoms with van der Waals surface area (Å²) in [6.45, 7) is 1.97. The highest BCUT2D eigenvalue weighted by Gasteiger charge is 2.08. The molecule has 1 aromatic carbocycles. The lowest BCUT2D eigenvalue weighted by molar-refractivity contribution is 0.301. The average molecular weight is 344 g/mol. The fourth-order valence-corrected chi connectivity index (χ4v) is 3.01. The van der Waals surface area contributed by atoms with Crippen molar-refractivity contribution in [2.75, 3.05) is 6.26 Å². The summed E-state index contributed by atoms with van der Waals surface area (Å²) in [6, 6.07) is 13.0. The van der Waals surface area contributed by atoms with E-state index < -0.39 is 9.84 Å². The molecule has 0 bridgehead atoms. The number of benzene rings is 1. The third kappa shape index (κ3) is 3.30. The largest absolute Gasteiger partial charge is 0.487 e. The molecule has 6 nitrogen and oxygen atoms in total. The lowest BCUT2D eigenvalue weighted by Gasteiger charge is -2.08. The Morgan fingerprint density at radius 3 is 2.50 bits per heavy atom. The molecule has 0 fully saturated rings. The van der Waals surface area contributed by atoms with Crippen LogP contribution in [0.25, 0.3) is 5.65 Å². The number of pyridine rings is 1. The van der Waals surface area contributed by atoms with Gasteiger partial charge in [-0.05, 0) is 43.3 Å². The summed E-state index contributed by atoms with van der Waals surface area (Å²) in [4.78, 5) is 16.8. The molecule has 0 aliphatic heterocycles. The van der Waals surface area contributed by atoms with Crippen LogP contribution in [0.2, 0.25) is 0 Å². The molecule has 0 spiro atoms. The Morgan fingerprint density at radius 2 is 1.83 bits per heavy atom. The van der Waals surface area contributed by atoms with Crippen LogP contribution in [0.5, 0.6) is 5.75 Å². The van der Waals surface area contributed by atoms with Crippen molar-refractivity contribution in [1.29, 1.82) is 0 Å². The van der Waals surface area contributed by atoms with Crippen molar-refractivity contribution in [2.45, 2.75) is 18.4 Å². The maximum atomic E-state index is 12.2. The van der Waals surface area contributed by atoms with E-state index in [1.807, 2.05) is 19.1 Å². The average Bonchev–Trinajstić information content (AvgIpc) is 2.52. The Labute approximate surface area is 139 Å². The topological polar surface area (TPSA) is 77.7 Å². The van der Waals surface area contributed by atoms with Crippen molar-refractivity contribution in [2.24, 2.45) is 0 Å². The van der Waals surface area contributed by atoms with Crippen LogP contribution in [0.15, 0.2) is 58.2 Å². The highest BCUT2D eigenvalue weighted by Crippen LogP contribution is 2.16. The van der Waals surface area contributed by atoms with E-state index in [1.165, 1.54) is 22.6 Å². The van der Waals surface area contributed by atoms with Crippen LogP contribution in [-0.4, -0.2) is 24.1 Å².